The van der Waals surface area contributed by atoms with Crippen molar-refractivity contribution in [2.45, 2.75) is 12.8 Å². The summed E-state index contributed by atoms with van der Waals surface area (Å²) in [5.74, 6) is 0.958. The number of carbonyl (C=O) groups excluding carboxylic acids is 1. The fraction of sp³-hybridized carbons (Fsp3) is 0.345. The fourth-order valence-electron chi connectivity index (χ4n) is 6.20. The number of carbonyl (C=O) groups is 1. The third-order valence-electron chi connectivity index (χ3n) is 8.02. The maximum absolute atomic E-state index is 12.7. The Morgan fingerprint density at radius 1 is 1.00 bits per heavy atom. The Kier molecular flexibility index (Phi) is 5.52. The minimum atomic E-state index is -0.385. The van der Waals surface area contributed by atoms with Gasteiger partial charge in [0.1, 0.15) is 0 Å². The highest BCUT2D eigenvalue weighted by Gasteiger charge is 2.38. The molecular formula is C29H32N6O. The van der Waals surface area contributed by atoms with Gasteiger partial charge in [0.15, 0.2) is 0 Å². The lowest BCUT2D eigenvalue weighted by molar-refractivity contribution is 0.0999. The number of anilines is 1. The number of para-hydroxylation sites is 1. The zero-order valence-electron chi connectivity index (χ0n) is 21.1. The van der Waals surface area contributed by atoms with Gasteiger partial charge in [0.05, 0.1) is 17.4 Å². The first-order valence-corrected chi connectivity index (χ1v) is 12.6. The topological polar surface area (TPSA) is 80.3 Å². The van der Waals surface area contributed by atoms with Gasteiger partial charge in [-0.3, -0.25) is 9.48 Å². The van der Waals surface area contributed by atoms with Crippen molar-refractivity contribution in [3.8, 4) is 11.3 Å². The van der Waals surface area contributed by atoms with Crippen LogP contribution in [0, 0.1) is 11.8 Å². The first-order chi connectivity index (χ1) is 17.4. The number of aryl methyl sites for hydroxylation is 1. The number of primary amides is 1. The summed E-state index contributed by atoms with van der Waals surface area (Å²) in [6.07, 6.45) is 3.80. The Morgan fingerprint density at radius 2 is 1.75 bits per heavy atom. The lowest BCUT2D eigenvalue weighted by atomic mass is 9.86. The number of benzene rings is 2. The molecule has 2 aromatic heterocycles. The summed E-state index contributed by atoms with van der Waals surface area (Å²) in [5.41, 5.74) is 12.5. The van der Waals surface area contributed by atoms with Crippen LogP contribution >= 0.6 is 0 Å². The average Bonchev–Trinajstić information content (AvgIpc) is 3.57. The van der Waals surface area contributed by atoms with Crippen LogP contribution in [0.3, 0.4) is 0 Å². The molecule has 184 valence electrons. The van der Waals surface area contributed by atoms with E-state index in [2.05, 4.69) is 53.1 Å². The molecule has 1 amide bonds. The summed E-state index contributed by atoms with van der Waals surface area (Å²) in [6, 6.07) is 16.6. The van der Waals surface area contributed by atoms with Crippen LogP contribution in [-0.4, -0.2) is 58.8 Å². The largest absolute Gasteiger partial charge is 0.371 e. The molecule has 0 radical (unpaired) electrons. The number of pyridine rings is 1. The molecule has 6 rings (SSSR count). The molecule has 2 aliphatic heterocycles. The second-order valence-electron chi connectivity index (χ2n) is 10.5. The van der Waals surface area contributed by atoms with Gasteiger partial charge in [-0.05, 0) is 54.3 Å². The summed E-state index contributed by atoms with van der Waals surface area (Å²) in [6.45, 7) is 6.50. The number of nitrogens with zero attached hydrogens (tertiary/aromatic N) is 5. The Bertz CT molecular complexity index is 1450. The van der Waals surface area contributed by atoms with Gasteiger partial charge in [-0.25, -0.2) is 4.98 Å². The quantitative estimate of drug-likeness (QED) is 0.469. The van der Waals surface area contributed by atoms with Crippen LogP contribution in [0.25, 0.3) is 22.2 Å². The van der Waals surface area contributed by atoms with Crippen molar-refractivity contribution in [3.63, 3.8) is 0 Å². The molecule has 4 heterocycles. The molecule has 4 aromatic rings. The van der Waals surface area contributed by atoms with E-state index in [0.717, 1.165) is 65.2 Å². The number of nitrogens with two attached hydrogens (primary N) is 1. The van der Waals surface area contributed by atoms with E-state index in [1.54, 1.807) is 4.68 Å². The minimum absolute atomic E-state index is 0.0449. The maximum atomic E-state index is 12.7. The molecule has 0 unspecified atom stereocenters. The van der Waals surface area contributed by atoms with Crippen LogP contribution in [0.5, 0.6) is 0 Å². The van der Waals surface area contributed by atoms with E-state index in [1.807, 2.05) is 43.7 Å². The van der Waals surface area contributed by atoms with Gasteiger partial charge in [0.25, 0.3) is 0 Å². The van der Waals surface area contributed by atoms with Gasteiger partial charge in [-0.15, -0.1) is 0 Å². The van der Waals surface area contributed by atoms with Crippen molar-refractivity contribution < 1.29 is 4.79 Å². The van der Waals surface area contributed by atoms with Gasteiger partial charge >= 0.3 is 0 Å². The van der Waals surface area contributed by atoms with Crippen molar-refractivity contribution in [2.24, 2.45) is 24.6 Å². The smallest absolute Gasteiger partial charge is 0.249 e. The molecule has 7 heteroatoms. The van der Waals surface area contributed by atoms with Gasteiger partial charge in [0, 0.05) is 67.5 Å². The lowest BCUT2D eigenvalue weighted by Gasteiger charge is -2.24. The van der Waals surface area contributed by atoms with E-state index < -0.39 is 0 Å². The molecule has 2 saturated heterocycles. The summed E-state index contributed by atoms with van der Waals surface area (Å²) in [4.78, 5) is 22.4. The highest BCUT2D eigenvalue weighted by molar-refractivity contribution is 5.96. The molecule has 2 fully saturated rings. The van der Waals surface area contributed by atoms with Crippen LogP contribution < -0.4 is 10.6 Å². The van der Waals surface area contributed by atoms with Crippen molar-refractivity contribution in [1.29, 1.82) is 0 Å². The molecule has 7 nitrogen and oxygen atoms in total. The highest BCUT2D eigenvalue weighted by atomic mass is 16.1. The molecule has 2 N–H and O–H groups in total. The van der Waals surface area contributed by atoms with Gasteiger partial charge < -0.3 is 15.5 Å². The predicted molar refractivity (Wildman–Crippen MR) is 143 cm³/mol. The van der Waals surface area contributed by atoms with Crippen LogP contribution in [0.2, 0.25) is 0 Å². The summed E-state index contributed by atoms with van der Waals surface area (Å²) >= 11 is 0. The number of amides is 1. The standard InChI is InChI=1S/C29H32N6O/c1-18(25-11-28(19-12-31-34(3)15-19)32-27-7-5-4-6-24(25)27)23-9-8-22(10-26(23)29(30)36)35-16-20-13-33(2)14-21(20)17-35/h4-12,15,18,20-21H,13-14,16-17H2,1-3H3,(H2,30,36)/t18-,20-,21+/m0/s1. The van der Waals surface area contributed by atoms with E-state index in [-0.39, 0.29) is 11.8 Å². The molecule has 2 aliphatic rings. The number of rotatable bonds is 5. The second-order valence-corrected chi connectivity index (χ2v) is 10.5. The Labute approximate surface area is 211 Å². The molecule has 0 spiro atoms. The first-order valence-electron chi connectivity index (χ1n) is 12.6. The average molecular weight is 481 g/mol. The lowest BCUT2D eigenvalue weighted by Crippen LogP contribution is -2.27. The molecular weight excluding hydrogens is 448 g/mol. The third kappa shape index (κ3) is 3.93. The van der Waals surface area contributed by atoms with Crippen molar-refractivity contribution in [1.82, 2.24) is 19.7 Å². The van der Waals surface area contributed by atoms with E-state index in [1.165, 1.54) is 0 Å². The number of likely N-dealkylation sites (tertiary alicyclic amines) is 1. The molecule has 3 atom stereocenters. The van der Waals surface area contributed by atoms with Crippen molar-refractivity contribution in [2.75, 3.05) is 38.1 Å². The number of hydrogen-bond acceptors (Lipinski definition) is 5. The minimum Gasteiger partial charge on any atom is -0.371 e. The Hall–Kier alpha value is -3.71. The number of fused-ring (bicyclic) bond motifs is 2. The molecule has 0 aliphatic carbocycles. The van der Waals surface area contributed by atoms with Gasteiger partial charge in [-0.2, -0.15) is 5.10 Å². The Morgan fingerprint density at radius 3 is 2.44 bits per heavy atom. The van der Waals surface area contributed by atoms with Crippen LogP contribution in [0.1, 0.15) is 34.3 Å². The number of hydrogen-bond donors (Lipinski definition) is 1. The maximum Gasteiger partial charge on any atom is 0.249 e. The summed E-state index contributed by atoms with van der Waals surface area (Å²) in [7, 11) is 4.10. The summed E-state index contributed by atoms with van der Waals surface area (Å²) in [5, 5.41) is 5.40. The van der Waals surface area contributed by atoms with Crippen molar-refractivity contribution in [3.05, 3.63) is 77.6 Å². The van der Waals surface area contributed by atoms with E-state index in [0.29, 0.717) is 17.4 Å². The Balaban J connectivity index is 1.40. The third-order valence-corrected chi connectivity index (χ3v) is 8.02. The monoisotopic (exact) mass is 480 g/mol. The summed E-state index contributed by atoms with van der Waals surface area (Å²) < 4.78 is 1.78. The van der Waals surface area contributed by atoms with E-state index >= 15 is 0 Å². The van der Waals surface area contributed by atoms with Gasteiger partial charge in [0.2, 0.25) is 5.91 Å². The first kappa shape index (κ1) is 22.7. The van der Waals surface area contributed by atoms with Crippen molar-refractivity contribution >= 4 is 22.5 Å². The molecule has 2 aromatic carbocycles. The van der Waals surface area contributed by atoms with E-state index in [4.69, 9.17) is 10.7 Å². The van der Waals surface area contributed by atoms with Crippen LogP contribution in [0.4, 0.5) is 5.69 Å². The number of aromatic nitrogens is 3. The molecule has 36 heavy (non-hydrogen) atoms. The normalized spacial score (nSPS) is 20.7. The fourth-order valence-corrected chi connectivity index (χ4v) is 6.20. The van der Waals surface area contributed by atoms with Crippen LogP contribution in [-0.2, 0) is 7.05 Å². The highest BCUT2D eigenvalue weighted by Crippen LogP contribution is 2.38. The second kappa shape index (κ2) is 8.75. The molecule has 0 bridgehead atoms. The predicted octanol–water partition coefficient (Wildman–Crippen LogP) is 3.88. The van der Waals surface area contributed by atoms with E-state index in [9.17, 15) is 4.79 Å². The van der Waals surface area contributed by atoms with Crippen LogP contribution in [0.15, 0.2) is 60.9 Å². The molecule has 0 saturated carbocycles. The zero-order valence-corrected chi connectivity index (χ0v) is 21.1. The zero-order chi connectivity index (χ0) is 25.0. The SMILES string of the molecule is C[C@@H](c1ccc(N2C[C@H]3CN(C)C[C@H]3C2)cc1C(N)=O)c1cc(-c2cnn(C)c2)nc2ccccc12. The van der Waals surface area contributed by atoms with Gasteiger partial charge in [-0.1, -0.05) is 31.2 Å².